The summed E-state index contributed by atoms with van der Waals surface area (Å²) in [5, 5.41) is 0. The van der Waals surface area contributed by atoms with Gasteiger partial charge in [0.15, 0.2) is 0 Å². The molecule has 0 heterocycles. The molecule has 3 aliphatic rings. The average Bonchev–Trinajstić information content (AvgIpc) is 1.92. The molecule has 0 nitrogen and oxygen atoms in total. The Labute approximate surface area is 50.6 Å². The molecular formula is C8H8. The van der Waals surface area contributed by atoms with Crippen molar-refractivity contribution in [3.63, 3.8) is 0 Å². The van der Waals surface area contributed by atoms with Crippen molar-refractivity contribution < 1.29 is 0 Å². The molecule has 3 aliphatic carbocycles. The summed E-state index contributed by atoms with van der Waals surface area (Å²) in [4.78, 5) is 0. The molecule has 8 heavy (non-hydrogen) atoms. The highest BCUT2D eigenvalue weighted by molar-refractivity contribution is 5.33. The molecule has 0 saturated heterocycles. The Morgan fingerprint density at radius 2 is 2.62 bits per heavy atom. The lowest BCUT2D eigenvalue weighted by Gasteiger charge is -2.28. The number of rotatable bonds is 0. The summed E-state index contributed by atoms with van der Waals surface area (Å²) in [7, 11) is 0. The minimum atomic E-state index is 0.715. The third-order valence-electron chi connectivity index (χ3n) is 1.77. The summed E-state index contributed by atoms with van der Waals surface area (Å²) in [6, 6.07) is 0. The molecule has 1 saturated carbocycles. The molecule has 4 radical (unpaired) electrons. The second kappa shape index (κ2) is 1.61. The maximum Gasteiger partial charge on any atom is 0.00501 e. The van der Waals surface area contributed by atoms with Crippen molar-refractivity contribution in [3.8, 4) is 0 Å². The van der Waals surface area contributed by atoms with Gasteiger partial charge in [-0.25, -0.2) is 0 Å². The SMILES string of the molecule is [C]1[CH]C2C=C[C]1CC2. The van der Waals surface area contributed by atoms with Crippen LogP contribution in [0.1, 0.15) is 12.8 Å². The summed E-state index contributed by atoms with van der Waals surface area (Å²) < 4.78 is 0. The molecule has 1 fully saturated rings. The van der Waals surface area contributed by atoms with Gasteiger partial charge in [-0.1, -0.05) is 12.2 Å². The standard InChI is InChI=1S/C8H8/c1-2-8-5-3-7(1)4-6-8/h1-3,7H,4,6H2. The van der Waals surface area contributed by atoms with Crippen LogP contribution in [0, 0.1) is 24.7 Å². The second-order valence-electron chi connectivity index (χ2n) is 2.40. The topological polar surface area (TPSA) is 0 Å². The summed E-state index contributed by atoms with van der Waals surface area (Å²) in [6.07, 6.45) is 12.4. The predicted molar refractivity (Wildman–Crippen MR) is 32.6 cm³/mol. The maximum atomic E-state index is 3.22. The van der Waals surface area contributed by atoms with E-state index >= 15 is 0 Å². The van der Waals surface area contributed by atoms with Gasteiger partial charge in [0.05, 0.1) is 0 Å². The average molecular weight is 104 g/mol. The van der Waals surface area contributed by atoms with Gasteiger partial charge in [-0.05, 0) is 31.6 Å². The second-order valence-corrected chi connectivity index (χ2v) is 2.40. The van der Waals surface area contributed by atoms with Crippen LogP contribution in [0.15, 0.2) is 12.2 Å². The Morgan fingerprint density at radius 1 is 1.62 bits per heavy atom. The zero-order valence-corrected chi connectivity index (χ0v) is 4.72. The van der Waals surface area contributed by atoms with Crippen LogP contribution in [0.3, 0.4) is 0 Å². The summed E-state index contributed by atoms with van der Waals surface area (Å²) in [6.45, 7) is 0. The van der Waals surface area contributed by atoms with Gasteiger partial charge in [0, 0.05) is 5.92 Å². The van der Waals surface area contributed by atoms with Gasteiger partial charge in [-0.15, -0.1) is 0 Å². The number of fused-ring (bicyclic) bond motifs is 2. The molecule has 0 N–H and O–H groups in total. The highest BCUT2D eigenvalue weighted by Gasteiger charge is 2.23. The van der Waals surface area contributed by atoms with Crippen molar-refractivity contribution in [2.24, 2.45) is 5.92 Å². The van der Waals surface area contributed by atoms with Crippen molar-refractivity contribution >= 4 is 0 Å². The van der Waals surface area contributed by atoms with E-state index in [0.29, 0.717) is 5.92 Å². The third-order valence-corrected chi connectivity index (χ3v) is 1.77. The van der Waals surface area contributed by atoms with Crippen LogP contribution in [-0.4, -0.2) is 0 Å². The smallest absolute Gasteiger partial charge is 0.00501 e. The maximum absolute atomic E-state index is 3.22. The Balaban J connectivity index is 2.20. The minimum absolute atomic E-state index is 0.715. The Bertz CT molecular complexity index is 91.2. The van der Waals surface area contributed by atoms with Crippen molar-refractivity contribution in [1.82, 2.24) is 0 Å². The molecule has 0 spiro atoms. The lowest BCUT2D eigenvalue weighted by atomic mass is 9.76. The van der Waals surface area contributed by atoms with E-state index < -0.39 is 0 Å². The predicted octanol–water partition coefficient (Wildman–Crippen LogP) is 1.83. The Kier molecular flexibility index (Phi) is 0.927. The summed E-state index contributed by atoms with van der Waals surface area (Å²) in [5.74, 6) is 2.10. The molecule has 0 heteroatoms. The fourth-order valence-electron chi connectivity index (χ4n) is 1.21. The number of hydrogen-bond donors (Lipinski definition) is 0. The van der Waals surface area contributed by atoms with Crippen LogP contribution >= 0.6 is 0 Å². The van der Waals surface area contributed by atoms with Crippen molar-refractivity contribution in [3.05, 3.63) is 30.9 Å². The largest absolute Gasteiger partial charge is 0.0845 e. The fourth-order valence-corrected chi connectivity index (χ4v) is 1.21. The summed E-state index contributed by atoms with van der Waals surface area (Å²) >= 11 is 0. The van der Waals surface area contributed by atoms with Gasteiger partial charge < -0.3 is 0 Å². The van der Waals surface area contributed by atoms with E-state index in [4.69, 9.17) is 0 Å². The van der Waals surface area contributed by atoms with E-state index in [9.17, 15) is 0 Å². The number of allylic oxidation sites excluding steroid dienone is 2. The highest BCUT2D eigenvalue weighted by Crippen LogP contribution is 2.35. The molecule has 1 atom stereocenters. The lowest BCUT2D eigenvalue weighted by Crippen LogP contribution is -2.16. The van der Waals surface area contributed by atoms with Crippen LogP contribution in [-0.2, 0) is 0 Å². The lowest BCUT2D eigenvalue weighted by molar-refractivity contribution is 0.583. The summed E-state index contributed by atoms with van der Waals surface area (Å²) in [5.41, 5.74) is 0. The fraction of sp³-hybridized carbons (Fsp3) is 0.375. The van der Waals surface area contributed by atoms with Crippen molar-refractivity contribution in [2.45, 2.75) is 12.8 Å². The van der Waals surface area contributed by atoms with Gasteiger partial charge in [-0.2, -0.15) is 0 Å². The van der Waals surface area contributed by atoms with Crippen LogP contribution in [0.4, 0.5) is 0 Å². The number of hydrogen-bond acceptors (Lipinski definition) is 0. The molecular weight excluding hydrogens is 96.1 g/mol. The zero-order valence-electron chi connectivity index (χ0n) is 4.72. The molecule has 0 aromatic heterocycles. The highest BCUT2D eigenvalue weighted by atomic mass is 14.3. The Morgan fingerprint density at radius 3 is 2.75 bits per heavy atom. The third kappa shape index (κ3) is 0.594. The molecule has 1 unspecified atom stereocenters. The van der Waals surface area contributed by atoms with Crippen LogP contribution < -0.4 is 0 Å². The van der Waals surface area contributed by atoms with Gasteiger partial charge in [0.2, 0.25) is 0 Å². The first-order valence-corrected chi connectivity index (χ1v) is 3.09. The van der Waals surface area contributed by atoms with Crippen LogP contribution in [0.5, 0.6) is 0 Å². The quantitative estimate of drug-likeness (QED) is 0.440. The molecule has 0 amide bonds. The van der Waals surface area contributed by atoms with Crippen LogP contribution in [0.2, 0.25) is 0 Å². The van der Waals surface area contributed by atoms with Gasteiger partial charge >= 0.3 is 0 Å². The van der Waals surface area contributed by atoms with Crippen molar-refractivity contribution in [2.75, 3.05) is 0 Å². The van der Waals surface area contributed by atoms with Gasteiger partial charge in [0.25, 0.3) is 0 Å². The molecule has 3 rings (SSSR count). The Hall–Kier alpha value is -0.260. The van der Waals surface area contributed by atoms with Crippen molar-refractivity contribution in [1.29, 1.82) is 0 Å². The first kappa shape index (κ1) is 4.60. The first-order valence-electron chi connectivity index (χ1n) is 3.09. The molecule has 0 aliphatic heterocycles. The first-order chi connectivity index (χ1) is 3.95. The van der Waals surface area contributed by atoms with E-state index in [1.54, 1.807) is 0 Å². The van der Waals surface area contributed by atoms with Crippen LogP contribution in [0.25, 0.3) is 0 Å². The van der Waals surface area contributed by atoms with E-state index in [2.05, 4.69) is 25.0 Å². The van der Waals surface area contributed by atoms with E-state index in [1.807, 2.05) is 0 Å². The molecule has 2 bridgehead atoms. The minimum Gasteiger partial charge on any atom is -0.0845 e. The zero-order chi connectivity index (χ0) is 5.40. The normalized spacial score (nSPS) is 29.5. The van der Waals surface area contributed by atoms with E-state index in [-0.39, 0.29) is 0 Å². The molecule has 0 aromatic rings. The van der Waals surface area contributed by atoms with Gasteiger partial charge in [0.1, 0.15) is 0 Å². The van der Waals surface area contributed by atoms with E-state index in [0.717, 1.165) is 0 Å². The van der Waals surface area contributed by atoms with Gasteiger partial charge in [-0.3, -0.25) is 0 Å². The molecule has 40 valence electrons. The molecule has 0 aromatic carbocycles. The van der Waals surface area contributed by atoms with E-state index in [1.165, 1.54) is 18.8 Å². The monoisotopic (exact) mass is 104 g/mol.